The molecular formula is C38H46N4O6Si. The standard InChI is InChI=1S/C38H46N4O6Si/c1-24-35(49(2,3)47)33(20-34(44)41-22-27-12-5-4-11-26(27)19-29(41)23-43)48-38(24)30-14-6-7-16-32(30)42(37(38)46)21-25-10-8-13-28(18-25)40-36(45)31-15-9-17-39-31/h4-8,10-14,16,18,24,29,31,33,35,39,43,47H,9,15,17,19-23H2,1-3H3,(H,40,45)/t24-,29-,31+,33+,35-,38+/m0/s1. The van der Waals surface area contributed by atoms with Gasteiger partial charge in [-0.05, 0) is 73.8 Å². The average molecular weight is 683 g/mol. The molecule has 0 bridgehead atoms. The number of benzene rings is 3. The number of para-hydroxylation sites is 1. The predicted molar refractivity (Wildman–Crippen MR) is 189 cm³/mol. The van der Waals surface area contributed by atoms with Crippen molar-refractivity contribution in [1.29, 1.82) is 0 Å². The van der Waals surface area contributed by atoms with Gasteiger partial charge < -0.3 is 35.1 Å². The topological polar surface area (TPSA) is 131 Å². The van der Waals surface area contributed by atoms with Crippen LogP contribution in [0.1, 0.15) is 48.4 Å². The SMILES string of the molecule is C[C@H]1[C@H]([Si](C)(C)O)[C@@H](CC(=O)N2Cc3ccccc3C[C@H]2CO)O[C@]12C(=O)N(Cc1cccc(NC(=O)[C@H]3CCCN3)c1)c1ccccc12. The first-order valence-corrected chi connectivity index (χ1v) is 20.5. The smallest absolute Gasteiger partial charge is 0.264 e. The number of hydrogen-bond donors (Lipinski definition) is 4. The van der Waals surface area contributed by atoms with Crippen molar-refractivity contribution in [3.05, 3.63) is 95.1 Å². The van der Waals surface area contributed by atoms with E-state index in [4.69, 9.17) is 4.74 Å². The zero-order valence-corrected chi connectivity index (χ0v) is 29.4. The highest BCUT2D eigenvalue weighted by atomic mass is 28.4. The molecule has 4 aliphatic rings. The quantitative estimate of drug-likeness (QED) is 0.264. The van der Waals surface area contributed by atoms with Gasteiger partial charge in [0.15, 0.2) is 13.9 Å². The van der Waals surface area contributed by atoms with Crippen molar-refractivity contribution in [2.75, 3.05) is 23.4 Å². The fraction of sp³-hybridized carbons (Fsp3) is 0.447. The molecule has 0 saturated carbocycles. The maximum absolute atomic E-state index is 14.8. The van der Waals surface area contributed by atoms with Crippen LogP contribution in [0.15, 0.2) is 72.8 Å². The Bertz CT molecular complexity index is 1760. The van der Waals surface area contributed by atoms with Gasteiger partial charge in [-0.25, -0.2) is 0 Å². The maximum atomic E-state index is 14.8. The predicted octanol–water partition coefficient (Wildman–Crippen LogP) is 4.06. The van der Waals surface area contributed by atoms with Gasteiger partial charge in [-0.2, -0.15) is 0 Å². The van der Waals surface area contributed by atoms with Crippen LogP contribution in [0.5, 0.6) is 0 Å². The molecular weight excluding hydrogens is 637 g/mol. The molecule has 4 heterocycles. The number of carbonyl (C=O) groups excluding carboxylic acids is 3. The molecule has 0 aliphatic carbocycles. The minimum absolute atomic E-state index is 0.000541. The first-order valence-electron chi connectivity index (χ1n) is 17.4. The van der Waals surface area contributed by atoms with E-state index in [1.165, 1.54) is 0 Å². The molecule has 4 aliphatic heterocycles. The van der Waals surface area contributed by atoms with E-state index < -0.39 is 31.5 Å². The van der Waals surface area contributed by atoms with E-state index in [0.29, 0.717) is 18.7 Å². The molecule has 11 heteroatoms. The number of anilines is 2. The van der Waals surface area contributed by atoms with Crippen molar-refractivity contribution in [3.8, 4) is 0 Å². The minimum atomic E-state index is -2.99. The lowest BCUT2D eigenvalue weighted by atomic mass is 9.82. The molecule has 3 amide bonds. The van der Waals surface area contributed by atoms with E-state index in [-0.39, 0.29) is 49.4 Å². The summed E-state index contributed by atoms with van der Waals surface area (Å²) >= 11 is 0. The Morgan fingerprint density at radius 1 is 1.06 bits per heavy atom. The van der Waals surface area contributed by atoms with Gasteiger partial charge in [0, 0.05) is 29.3 Å². The lowest BCUT2D eigenvalue weighted by molar-refractivity contribution is -0.151. The van der Waals surface area contributed by atoms with Crippen molar-refractivity contribution in [2.45, 2.75) is 88.1 Å². The Hall–Kier alpha value is -3.87. The summed E-state index contributed by atoms with van der Waals surface area (Å²) < 4.78 is 6.91. The number of aliphatic hydroxyl groups excluding tert-OH is 1. The van der Waals surface area contributed by atoms with Gasteiger partial charge in [0.2, 0.25) is 11.8 Å². The second-order valence-corrected chi connectivity index (χ2v) is 18.6. The van der Waals surface area contributed by atoms with Gasteiger partial charge >= 0.3 is 0 Å². The van der Waals surface area contributed by atoms with Crippen LogP contribution < -0.4 is 15.5 Å². The van der Waals surface area contributed by atoms with Crippen molar-refractivity contribution in [3.63, 3.8) is 0 Å². The van der Waals surface area contributed by atoms with Crippen LogP contribution in [0, 0.1) is 5.92 Å². The molecule has 7 rings (SSSR count). The van der Waals surface area contributed by atoms with Crippen LogP contribution in [-0.2, 0) is 44.2 Å². The third kappa shape index (κ3) is 6.01. The lowest BCUT2D eigenvalue weighted by Crippen LogP contribution is -2.48. The average Bonchev–Trinajstić information content (AvgIpc) is 3.78. The highest BCUT2D eigenvalue weighted by Crippen LogP contribution is 2.59. The maximum Gasteiger partial charge on any atom is 0.264 e. The van der Waals surface area contributed by atoms with Gasteiger partial charge in [-0.1, -0.05) is 61.5 Å². The molecule has 1 spiro atoms. The highest BCUT2D eigenvalue weighted by molar-refractivity contribution is 6.71. The van der Waals surface area contributed by atoms with E-state index >= 15 is 0 Å². The van der Waals surface area contributed by atoms with Crippen LogP contribution in [0.25, 0.3) is 0 Å². The first-order chi connectivity index (χ1) is 23.5. The Kier molecular flexibility index (Phi) is 8.99. The number of ether oxygens (including phenoxy) is 1. The molecule has 3 aromatic carbocycles. The monoisotopic (exact) mass is 682 g/mol. The van der Waals surface area contributed by atoms with Crippen LogP contribution in [-0.4, -0.2) is 72.2 Å². The summed E-state index contributed by atoms with van der Waals surface area (Å²) in [5.41, 5.74) is 3.41. The van der Waals surface area contributed by atoms with E-state index in [9.17, 15) is 24.3 Å². The lowest BCUT2D eigenvalue weighted by Gasteiger charge is -2.37. The Morgan fingerprint density at radius 3 is 2.55 bits per heavy atom. The van der Waals surface area contributed by atoms with E-state index in [1.54, 1.807) is 9.80 Å². The van der Waals surface area contributed by atoms with E-state index in [1.807, 2.05) is 92.8 Å². The second kappa shape index (κ2) is 13.1. The van der Waals surface area contributed by atoms with Gasteiger partial charge in [-0.15, -0.1) is 0 Å². The molecule has 258 valence electrons. The summed E-state index contributed by atoms with van der Waals surface area (Å²) in [5, 5.41) is 16.5. The van der Waals surface area contributed by atoms with Crippen LogP contribution >= 0.6 is 0 Å². The molecule has 6 atom stereocenters. The summed E-state index contributed by atoms with van der Waals surface area (Å²) in [7, 11) is -2.99. The molecule has 49 heavy (non-hydrogen) atoms. The number of amides is 3. The van der Waals surface area contributed by atoms with Gasteiger partial charge in [0.1, 0.15) is 0 Å². The molecule has 4 N–H and O–H groups in total. The molecule has 0 radical (unpaired) electrons. The molecule has 0 unspecified atom stereocenters. The number of nitrogens with zero attached hydrogens (tertiary/aromatic N) is 2. The third-order valence-corrected chi connectivity index (χ3v) is 13.6. The number of fused-ring (bicyclic) bond motifs is 3. The van der Waals surface area contributed by atoms with E-state index in [2.05, 4.69) is 10.6 Å². The van der Waals surface area contributed by atoms with Crippen LogP contribution in [0.4, 0.5) is 11.4 Å². The first kappa shape index (κ1) is 33.6. The molecule has 2 saturated heterocycles. The summed E-state index contributed by atoms with van der Waals surface area (Å²) in [6, 6.07) is 22.6. The number of nitrogens with one attached hydrogen (secondary N) is 2. The molecule has 10 nitrogen and oxygen atoms in total. The normalized spacial score (nSPS) is 27.8. The van der Waals surface area contributed by atoms with Crippen molar-refractivity contribution >= 4 is 37.4 Å². The molecule has 3 aromatic rings. The summed E-state index contributed by atoms with van der Waals surface area (Å²) in [6.45, 7) is 7.01. The van der Waals surface area contributed by atoms with Crippen molar-refractivity contribution < 1.29 is 29.0 Å². The number of aliphatic hydroxyl groups is 1. The van der Waals surface area contributed by atoms with Gasteiger partial charge in [0.05, 0.1) is 43.4 Å². The van der Waals surface area contributed by atoms with Crippen LogP contribution in [0.2, 0.25) is 18.6 Å². The van der Waals surface area contributed by atoms with Gasteiger partial charge in [0.25, 0.3) is 5.91 Å². The largest absolute Gasteiger partial charge is 0.432 e. The molecule has 2 fully saturated rings. The third-order valence-electron chi connectivity index (χ3n) is 11.1. The number of rotatable bonds is 8. The van der Waals surface area contributed by atoms with Crippen LogP contribution in [0.3, 0.4) is 0 Å². The Labute approximate surface area is 288 Å². The second-order valence-electron chi connectivity index (χ2n) is 14.6. The Morgan fingerprint density at radius 2 is 1.82 bits per heavy atom. The van der Waals surface area contributed by atoms with E-state index in [0.717, 1.165) is 47.3 Å². The number of carbonyl (C=O) groups is 3. The fourth-order valence-corrected chi connectivity index (χ4v) is 11.3. The summed E-state index contributed by atoms with van der Waals surface area (Å²) in [5.74, 6) is -0.848. The highest BCUT2D eigenvalue weighted by Gasteiger charge is 2.66. The van der Waals surface area contributed by atoms with Gasteiger partial charge in [-0.3, -0.25) is 14.4 Å². The fourth-order valence-electron chi connectivity index (χ4n) is 8.79. The number of hydrogen-bond acceptors (Lipinski definition) is 7. The zero-order chi connectivity index (χ0) is 34.5. The molecule has 0 aromatic heterocycles. The minimum Gasteiger partial charge on any atom is -0.432 e. The zero-order valence-electron chi connectivity index (χ0n) is 28.4. The van der Waals surface area contributed by atoms with Crippen molar-refractivity contribution in [1.82, 2.24) is 10.2 Å². The summed E-state index contributed by atoms with van der Waals surface area (Å²) in [4.78, 5) is 56.8. The van der Waals surface area contributed by atoms with Crippen molar-refractivity contribution in [2.24, 2.45) is 5.92 Å². The summed E-state index contributed by atoms with van der Waals surface area (Å²) in [6.07, 6.45) is 1.65. The Balaban J connectivity index is 1.16.